The minimum atomic E-state index is 0.507. The van der Waals surface area contributed by atoms with Gasteiger partial charge in [-0.3, -0.25) is 4.99 Å². The van der Waals surface area contributed by atoms with Crippen molar-refractivity contribution in [2.24, 2.45) is 4.99 Å². The molecule has 4 nitrogen and oxygen atoms in total. The zero-order valence-electron chi connectivity index (χ0n) is 11.4. The van der Waals surface area contributed by atoms with E-state index in [4.69, 9.17) is 0 Å². The predicted octanol–water partition coefficient (Wildman–Crippen LogP) is 2.07. The number of nitrogens with one attached hydrogen (secondary N) is 2. The Hall–Kier alpha value is -1.49. The normalized spacial score (nSPS) is 17.3. The summed E-state index contributed by atoms with van der Waals surface area (Å²) in [6.07, 6.45) is 4.13. The van der Waals surface area contributed by atoms with Gasteiger partial charge < -0.3 is 15.5 Å². The van der Waals surface area contributed by atoms with Crippen LogP contribution in [0.5, 0.6) is 0 Å². The number of guanidine groups is 1. The van der Waals surface area contributed by atoms with Crippen LogP contribution in [0, 0.1) is 0 Å². The Morgan fingerprint density at radius 3 is 2.95 bits per heavy atom. The third kappa shape index (κ3) is 3.99. The summed E-state index contributed by atoms with van der Waals surface area (Å²) in [6, 6.07) is 4.82. The van der Waals surface area contributed by atoms with Crippen LogP contribution in [-0.2, 0) is 0 Å². The van der Waals surface area contributed by atoms with Crippen molar-refractivity contribution in [2.75, 3.05) is 31.6 Å². The lowest BCUT2D eigenvalue weighted by Gasteiger charge is -2.33. The molecular weight excluding hydrogens is 256 g/mol. The first-order valence-corrected chi connectivity index (χ1v) is 7.58. The monoisotopic (exact) mass is 278 g/mol. The van der Waals surface area contributed by atoms with Crippen LogP contribution in [0.3, 0.4) is 0 Å². The quantitative estimate of drug-likeness (QED) is 0.503. The summed E-state index contributed by atoms with van der Waals surface area (Å²) in [5.74, 6) is 0.870. The molecule has 2 N–H and O–H groups in total. The van der Waals surface area contributed by atoms with Gasteiger partial charge in [0.05, 0.1) is 5.00 Å². The Kier molecular flexibility index (Phi) is 5.27. The van der Waals surface area contributed by atoms with Crippen LogP contribution in [0.25, 0.3) is 0 Å². The molecule has 2 rings (SSSR count). The second kappa shape index (κ2) is 7.19. The molecule has 2 heterocycles. The summed E-state index contributed by atoms with van der Waals surface area (Å²) in [4.78, 5) is 6.68. The summed E-state index contributed by atoms with van der Waals surface area (Å²) in [6.45, 7) is 6.66. The van der Waals surface area contributed by atoms with Crippen LogP contribution in [-0.4, -0.2) is 38.7 Å². The average molecular weight is 278 g/mol. The Bertz CT molecular complexity index is 405. The molecule has 0 radical (unpaired) electrons. The van der Waals surface area contributed by atoms with Crippen LogP contribution >= 0.6 is 11.3 Å². The molecule has 0 atom stereocenters. The standard InChI is InChI=1S/C14H22N4S/c1-3-8-16-14(15-2)17-12-6-9-18(10-7-12)13-5-4-11-19-13/h3-5,11-12H,1,6-10H2,2H3,(H2,15,16,17). The van der Waals surface area contributed by atoms with E-state index < -0.39 is 0 Å². The number of thiophene rings is 1. The molecule has 0 aliphatic carbocycles. The summed E-state index contributed by atoms with van der Waals surface area (Å²) in [5.41, 5.74) is 0. The van der Waals surface area contributed by atoms with Crippen molar-refractivity contribution in [3.63, 3.8) is 0 Å². The second-order valence-corrected chi connectivity index (χ2v) is 5.52. The van der Waals surface area contributed by atoms with Gasteiger partial charge in [-0.2, -0.15) is 0 Å². The fourth-order valence-electron chi connectivity index (χ4n) is 2.25. The fourth-order valence-corrected chi connectivity index (χ4v) is 3.04. The van der Waals surface area contributed by atoms with Crippen LogP contribution in [0.4, 0.5) is 5.00 Å². The smallest absolute Gasteiger partial charge is 0.191 e. The van der Waals surface area contributed by atoms with Gasteiger partial charge in [-0.1, -0.05) is 6.08 Å². The molecule has 0 amide bonds. The van der Waals surface area contributed by atoms with Crippen LogP contribution in [0.15, 0.2) is 35.2 Å². The highest BCUT2D eigenvalue weighted by Gasteiger charge is 2.20. The lowest BCUT2D eigenvalue weighted by molar-refractivity contribution is 0.463. The molecule has 1 aromatic rings. The Morgan fingerprint density at radius 2 is 2.37 bits per heavy atom. The molecule has 1 fully saturated rings. The van der Waals surface area contributed by atoms with Gasteiger partial charge in [0.15, 0.2) is 5.96 Å². The first-order valence-electron chi connectivity index (χ1n) is 6.70. The lowest BCUT2D eigenvalue weighted by Crippen LogP contribution is -2.48. The van der Waals surface area contributed by atoms with Gasteiger partial charge in [-0.05, 0) is 30.4 Å². The molecule has 19 heavy (non-hydrogen) atoms. The summed E-state index contributed by atoms with van der Waals surface area (Å²) in [7, 11) is 1.80. The minimum absolute atomic E-state index is 0.507. The highest BCUT2D eigenvalue weighted by Crippen LogP contribution is 2.24. The maximum atomic E-state index is 4.22. The number of rotatable bonds is 4. The first kappa shape index (κ1) is 13.9. The summed E-state index contributed by atoms with van der Waals surface area (Å²) < 4.78 is 0. The molecule has 1 saturated heterocycles. The van der Waals surface area contributed by atoms with Crippen molar-refractivity contribution in [2.45, 2.75) is 18.9 Å². The number of hydrogen-bond acceptors (Lipinski definition) is 3. The molecule has 1 aliphatic rings. The van der Waals surface area contributed by atoms with E-state index in [2.05, 4.69) is 44.6 Å². The van der Waals surface area contributed by atoms with Gasteiger partial charge in [0, 0.05) is 32.7 Å². The zero-order chi connectivity index (χ0) is 13.5. The maximum Gasteiger partial charge on any atom is 0.191 e. The Balaban J connectivity index is 1.78. The van der Waals surface area contributed by atoms with Gasteiger partial charge in [0.2, 0.25) is 0 Å². The topological polar surface area (TPSA) is 39.7 Å². The van der Waals surface area contributed by atoms with E-state index in [1.165, 1.54) is 5.00 Å². The van der Waals surface area contributed by atoms with Crippen molar-refractivity contribution in [3.05, 3.63) is 30.2 Å². The lowest BCUT2D eigenvalue weighted by atomic mass is 10.1. The number of piperidine rings is 1. The van der Waals surface area contributed by atoms with Crippen LogP contribution in [0.1, 0.15) is 12.8 Å². The first-order chi connectivity index (χ1) is 9.33. The number of nitrogens with zero attached hydrogens (tertiary/aromatic N) is 2. The molecule has 1 aromatic heterocycles. The van der Waals surface area contributed by atoms with E-state index in [1.54, 1.807) is 7.05 Å². The van der Waals surface area contributed by atoms with E-state index in [9.17, 15) is 0 Å². The Labute approximate surface area is 119 Å². The van der Waals surface area contributed by atoms with Crippen molar-refractivity contribution in [3.8, 4) is 0 Å². The number of aliphatic imine (C=N–C) groups is 1. The second-order valence-electron chi connectivity index (χ2n) is 4.60. The van der Waals surface area contributed by atoms with Crippen molar-refractivity contribution in [1.29, 1.82) is 0 Å². The van der Waals surface area contributed by atoms with Gasteiger partial charge in [0.25, 0.3) is 0 Å². The average Bonchev–Trinajstić information content (AvgIpc) is 2.98. The molecule has 1 aliphatic heterocycles. The van der Waals surface area contributed by atoms with Gasteiger partial charge in [-0.25, -0.2) is 0 Å². The van der Waals surface area contributed by atoms with E-state index >= 15 is 0 Å². The van der Waals surface area contributed by atoms with E-state index in [0.717, 1.165) is 38.4 Å². The van der Waals surface area contributed by atoms with Crippen molar-refractivity contribution in [1.82, 2.24) is 10.6 Å². The van der Waals surface area contributed by atoms with E-state index in [0.29, 0.717) is 6.04 Å². The third-order valence-electron chi connectivity index (χ3n) is 3.29. The van der Waals surface area contributed by atoms with Crippen molar-refractivity contribution < 1.29 is 0 Å². The number of hydrogen-bond donors (Lipinski definition) is 2. The molecule has 0 aromatic carbocycles. The van der Waals surface area contributed by atoms with Crippen LogP contribution in [0.2, 0.25) is 0 Å². The molecular formula is C14H22N4S. The highest BCUT2D eigenvalue weighted by atomic mass is 32.1. The van der Waals surface area contributed by atoms with E-state index in [1.807, 2.05) is 17.4 Å². The highest BCUT2D eigenvalue weighted by molar-refractivity contribution is 7.14. The molecule has 0 saturated carbocycles. The molecule has 0 bridgehead atoms. The third-order valence-corrected chi connectivity index (χ3v) is 4.22. The molecule has 104 valence electrons. The largest absolute Gasteiger partial charge is 0.363 e. The molecule has 0 spiro atoms. The molecule has 5 heteroatoms. The summed E-state index contributed by atoms with van der Waals surface area (Å²) in [5, 5.41) is 10.2. The Morgan fingerprint density at radius 1 is 1.58 bits per heavy atom. The van der Waals surface area contributed by atoms with Crippen molar-refractivity contribution >= 4 is 22.3 Å². The van der Waals surface area contributed by atoms with Gasteiger partial charge in [0.1, 0.15) is 0 Å². The zero-order valence-corrected chi connectivity index (χ0v) is 12.2. The number of anilines is 1. The predicted molar refractivity (Wildman–Crippen MR) is 84.2 cm³/mol. The maximum absolute atomic E-state index is 4.22. The van der Waals surface area contributed by atoms with Gasteiger partial charge >= 0.3 is 0 Å². The fraction of sp³-hybridized carbons (Fsp3) is 0.500. The van der Waals surface area contributed by atoms with Crippen LogP contribution < -0.4 is 15.5 Å². The molecule has 0 unspecified atom stereocenters. The summed E-state index contributed by atoms with van der Waals surface area (Å²) >= 11 is 1.82. The minimum Gasteiger partial charge on any atom is -0.363 e. The van der Waals surface area contributed by atoms with Gasteiger partial charge in [-0.15, -0.1) is 17.9 Å². The van der Waals surface area contributed by atoms with E-state index in [-0.39, 0.29) is 0 Å². The SMILES string of the molecule is C=CCNC(=NC)NC1CCN(c2cccs2)CC1.